The number of aliphatic imine (C=N–C) groups is 1. The van der Waals surface area contributed by atoms with Gasteiger partial charge in [-0.2, -0.15) is 0 Å². The fraction of sp³-hybridized carbons (Fsp3) is 0.0909. The zero-order valence-electron chi connectivity index (χ0n) is 23.7. The average Bonchev–Trinajstić information content (AvgIpc) is 3.56. The van der Waals surface area contributed by atoms with Gasteiger partial charge in [0.25, 0.3) is 11.6 Å². The minimum absolute atomic E-state index is 0.0478. The van der Waals surface area contributed by atoms with Crippen molar-refractivity contribution < 1.29 is 14.5 Å². The number of thioether (sulfide) groups is 1. The Morgan fingerprint density at radius 2 is 1.67 bits per heavy atom. The van der Waals surface area contributed by atoms with Gasteiger partial charge in [-0.3, -0.25) is 19.8 Å². The van der Waals surface area contributed by atoms with Crippen molar-refractivity contribution >= 4 is 97.6 Å². The summed E-state index contributed by atoms with van der Waals surface area (Å²) in [6.07, 6.45) is 4.21. The molecule has 1 aliphatic heterocycles. The molecule has 1 fully saturated rings. The molecule has 0 atom stereocenters. The molecule has 8 nitrogen and oxygen atoms in total. The van der Waals surface area contributed by atoms with E-state index in [1.807, 2.05) is 30.5 Å². The number of para-hydroxylation sites is 1. The van der Waals surface area contributed by atoms with E-state index in [2.05, 4.69) is 9.98 Å². The fourth-order valence-electron chi connectivity index (χ4n) is 4.86. The number of fused-ring (bicyclic) bond motifs is 1. The molecule has 13 heteroatoms. The lowest BCUT2D eigenvalue weighted by molar-refractivity contribution is -0.384. The van der Waals surface area contributed by atoms with Crippen LogP contribution in [0.1, 0.15) is 16.7 Å². The monoisotopic (exact) mass is 710 g/mol. The van der Waals surface area contributed by atoms with Crippen molar-refractivity contribution in [2.45, 2.75) is 13.0 Å². The molecule has 1 saturated heterocycles. The van der Waals surface area contributed by atoms with Gasteiger partial charge in [0.2, 0.25) is 0 Å². The number of benzene rings is 4. The maximum absolute atomic E-state index is 13.8. The smallest absolute Gasteiger partial charge is 0.269 e. The van der Waals surface area contributed by atoms with Gasteiger partial charge >= 0.3 is 0 Å². The molecule has 0 spiro atoms. The second-order valence-corrected chi connectivity index (χ2v) is 12.9. The second kappa shape index (κ2) is 13.8. The third kappa shape index (κ3) is 7.04. The molecule has 1 amide bonds. The molecule has 0 aliphatic carbocycles. The molecule has 0 radical (unpaired) electrons. The van der Waals surface area contributed by atoms with Crippen LogP contribution in [0.25, 0.3) is 17.0 Å². The number of halogens is 4. The van der Waals surface area contributed by atoms with Crippen molar-refractivity contribution in [3.8, 4) is 5.75 Å². The molecule has 0 unspecified atom stereocenters. The SMILES string of the molecule is O=C1/C(=C/c2cc(Cl)c(OCc3ccc(Cl)cc3Cl)c(Cl)c2)SC(=Nc2ccc([N+](=O)[O-])cc2)N1CCc1c[nH]c2ccccc12. The number of H-pyrrole nitrogens is 1. The first-order valence-electron chi connectivity index (χ1n) is 13.8. The third-order valence-corrected chi connectivity index (χ3v) is 9.31. The Labute approximate surface area is 287 Å². The van der Waals surface area contributed by atoms with Crippen LogP contribution in [-0.4, -0.2) is 32.4 Å². The first-order chi connectivity index (χ1) is 22.2. The van der Waals surface area contributed by atoms with Gasteiger partial charge in [-0.05, 0) is 77.9 Å². The highest BCUT2D eigenvalue weighted by atomic mass is 35.5. The predicted molar refractivity (Wildman–Crippen MR) is 187 cm³/mol. The van der Waals surface area contributed by atoms with Crippen molar-refractivity contribution in [3.63, 3.8) is 0 Å². The highest BCUT2D eigenvalue weighted by Gasteiger charge is 2.33. The van der Waals surface area contributed by atoms with Gasteiger partial charge in [0.15, 0.2) is 10.9 Å². The van der Waals surface area contributed by atoms with Crippen LogP contribution in [0.15, 0.2) is 95.0 Å². The Balaban J connectivity index is 1.26. The topological polar surface area (TPSA) is 101 Å². The van der Waals surface area contributed by atoms with Gasteiger partial charge in [0.1, 0.15) is 6.61 Å². The fourth-order valence-corrected chi connectivity index (χ4v) is 6.96. The highest BCUT2D eigenvalue weighted by Crippen LogP contribution is 2.39. The van der Waals surface area contributed by atoms with E-state index in [1.54, 1.807) is 53.4 Å². The molecular formula is C33H22Cl4N4O4S. The molecule has 5 aromatic rings. The van der Waals surface area contributed by atoms with E-state index in [-0.39, 0.29) is 34.0 Å². The van der Waals surface area contributed by atoms with Crippen molar-refractivity contribution in [2.24, 2.45) is 4.99 Å². The van der Waals surface area contributed by atoms with E-state index in [0.29, 0.717) is 49.9 Å². The molecule has 1 N–H and O–H groups in total. The molecule has 6 rings (SSSR count). The number of amides is 1. The van der Waals surface area contributed by atoms with Gasteiger partial charge < -0.3 is 9.72 Å². The number of ether oxygens (including phenoxy) is 1. The maximum atomic E-state index is 13.8. The summed E-state index contributed by atoms with van der Waals surface area (Å²) in [4.78, 5) is 34.4. The van der Waals surface area contributed by atoms with Crippen LogP contribution >= 0.6 is 58.2 Å². The van der Waals surface area contributed by atoms with Crippen LogP contribution < -0.4 is 4.74 Å². The van der Waals surface area contributed by atoms with E-state index in [9.17, 15) is 14.9 Å². The highest BCUT2D eigenvalue weighted by molar-refractivity contribution is 8.18. The number of nitrogens with zero attached hydrogens (tertiary/aromatic N) is 3. The van der Waals surface area contributed by atoms with E-state index in [0.717, 1.165) is 16.5 Å². The van der Waals surface area contributed by atoms with Crippen LogP contribution in [0.4, 0.5) is 11.4 Å². The molecule has 46 heavy (non-hydrogen) atoms. The first-order valence-corrected chi connectivity index (χ1v) is 16.1. The zero-order chi connectivity index (χ0) is 32.4. The van der Waals surface area contributed by atoms with E-state index >= 15 is 0 Å². The Morgan fingerprint density at radius 3 is 2.39 bits per heavy atom. The summed E-state index contributed by atoms with van der Waals surface area (Å²) in [7, 11) is 0. The minimum Gasteiger partial charge on any atom is -0.486 e. The molecule has 232 valence electrons. The van der Waals surface area contributed by atoms with Crippen molar-refractivity contribution in [1.29, 1.82) is 0 Å². The number of nitrogens with one attached hydrogen (secondary N) is 1. The lowest BCUT2D eigenvalue weighted by Crippen LogP contribution is -2.31. The maximum Gasteiger partial charge on any atom is 0.269 e. The van der Waals surface area contributed by atoms with E-state index < -0.39 is 4.92 Å². The summed E-state index contributed by atoms with van der Waals surface area (Å²) in [5.74, 6) is 0.0399. The molecule has 4 aromatic carbocycles. The summed E-state index contributed by atoms with van der Waals surface area (Å²) < 4.78 is 5.89. The number of hydrogen-bond acceptors (Lipinski definition) is 6. The number of aromatic amines is 1. The number of nitro benzene ring substituents is 1. The number of hydrogen-bond donors (Lipinski definition) is 1. The molecule has 1 aromatic heterocycles. The summed E-state index contributed by atoms with van der Waals surface area (Å²) in [6, 6.07) is 22.2. The van der Waals surface area contributed by atoms with Crippen LogP contribution in [0.5, 0.6) is 5.75 Å². The van der Waals surface area contributed by atoms with Gasteiger partial charge in [0.05, 0.1) is 25.6 Å². The standard InChI is InChI=1S/C33H22Cl4N4O4S/c34-22-6-5-21(26(35)16-22)18-45-31-27(36)13-19(14-28(31)37)15-30-32(42)40(12-11-20-17-38-29-4-2-1-3-25(20)29)33(46-30)39-23-7-9-24(10-8-23)41(43)44/h1-10,13-17,38H,11-12,18H2/b30-15-,39-33?. The Hall–Kier alpha value is -3.99. The van der Waals surface area contributed by atoms with Crippen LogP contribution in [0.3, 0.4) is 0 Å². The summed E-state index contributed by atoms with van der Waals surface area (Å²) in [5.41, 5.74) is 3.81. The molecule has 2 heterocycles. The number of amidine groups is 1. The molecule has 0 saturated carbocycles. The van der Waals surface area contributed by atoms with E-state index in [1.165, 1.54) is 23.9 Å². The minimum atomic E-state index is -0.474. The Kier molecular flexibility index (Phi) is 9.58. The Bertz CT molecular complexity index is 2020. The third-order valence-electron chi connectivity index (χ3n) is 7.16. The quantitative estimate of drug-likeness (QED) is 0.0932. The molecule has 1 aliphatic rings. The van der Waals surface area contributed by atoms with Gasteiger partial charge in [-0.15, -0.1) is 0 Å². The number of nitro groups is 1. The predicted octanol–water partition coefficient (Wildman–Crippen LogP) is 10.1. The van der Waals surface area contributed by atoms with Gasteiger partial charge in [0, 0.05) is 51.4 Å². The Morgan fingerprint density at radius 1 is 0.935 bits per heavy atom. The number of non-ortho nitro benzene ring substituents is 1. The van der Waals surface area contributed by atoms with Crippen molar-refractivity contribution in [3.05, 3.63) is 137 Å². The zero-order valence-corrected chi connectivity index (χ0v) is 27.5. The van der Waals surface area contributed by atoms with Crippen molar-refractivity contribution in [1.82, 2.24) is 9.88 Å². The summed E-state index contributed by atoms with van der Waals surface area (Å²) >= 11 is 26.6. The first kappa shape index (κ1) is 32.0. The number of aromatic nitrogens is 1. The molecular weight excluding hydrogens is 690 g/mol. The van der Waals surface area contributed by atoms with Gasteiger partial charge in [-0.25, -0.2) is 4.99 Å². The normalized spacial score (nSPS) is 15.0. The van der Waals surface area contributed by atoms with Crippen LogP contribution in [-0.2, 0) is 17.8 Å². The number of rotatable bonds is 9. The average molecular weight is 712 g/mol. The van der Waals surface area contributed by atoms with Crippen LogP contribution in [0.2, 0.25) is 20.1 Å². The number of carbonyl (C=O) groups is 1. The second-order valence-electron chi connectivity index (χ2n) is 10.2. The van der Waals surface area contributed by atoms with Crippen LogP contribution in [0, 0.1) is 10.1 Å². The van der Waals surface area contributed by atoms with E-state index in [4.69, 9.17) is 51.1 Å². The van der Waals surface area contributed by atoms with Crippen molar-refractivity contribution in [2.75, 3.05) is 6.54 Å². The number of carbonyl (C=O) groups excluding carboxylic acids is 1. The molecule has 0 bridgehead atoms. The summed E-state index contributed by atoms with van der Waals surface area (Å²) in [5, 5.41) is 14.1. The largest absolute Gasteiger partial charge is 0.486 e. The summed E-state index contributed by atoms with van der Waals surface area (Å²) in [6.45, 7) is 0.483. The lowest BCUT2D eigenvalue weighted by Gasteiger charge is -2.15. The lowest BCUT2D eigenvalue weighted by atomic mass is 10.1. The van der Waals surface area contributed by atoms with Gasteiger partial charge in [-0.1, -0.05) is 70.7 Å².